The Balaban J connectivity index is 1.71. The average molecular weight is 414 g/mol. The van der Waals surface area contributed by atoms with Gasteiger partial charge in [0.2, 0.25) is 0 Å². The molecule has 0 atom stereocenters. The molecule has 0 saturated heterocycles. The van der Waals surface area contributed by atoms with Gasteiger partial charge in [-0.2, -0.15) is 0 Å². The maximum Gasteiger partial charge on any atom is 0.339 e. The van der Waals surface area contributed by atoms with Crippen molar-refractivity contribution in [3.63, 3.8) is 0 Å². The number of hydrogen-bond donors (Lipinski definition) is 1. The SMILES string of the molecule is CC1(C)CCc2c(cc(OCC(=O)NCCC(=O)[O-])c3c4c(c(=O)oc23)CCC4)O1. The summed E-state index contributed by atoms with van der Waals surface area (Å²) in [6.07, 6.45) is 3.51. The van der Waals surface area contributed by atoms with Gasteiger partial charge in [-0.25, -0.2) is 4.79 Å². The van der Waals surface area contributed by atoms with Gasteiger partial charge in [-0.3, -0.25) is 4.79 Å². The number of benzene rings is 1. The van der Waals surface area contributed by atoms with E-state index in [1.807, 2.05) is 13.8 Å². The fourth-order valence-corrected chi connectivity index (χ4v) is 4.17. The third-order valence-electron chi connectivity index (χ3n) is 5.64. The van der Waals surface area contributed by atoms with E-state index in [2.05, 4.69) is 5.32 Å². The third-order valence-corrected chi connectivity index (χ3v) is 5.64. The largest absolute Gasteiger partial charge is 0.550 e. The molecule has 30 heavy (non-hydrogen) atoms. The summed E-state index contributed by atoms with van der Waals surface area (Å²) in [5.74, 6) is -0.662. The van der Waals surface area contributed by atoms with Crippen molar-refractivity contribution >= 4 is 22.8 Å². The Hall–Kier alpha value is -3.03. The van der Waals surface area contributed by atoms with Crippen molar-refractivity contribution in [3.8, 4) is 11.5 Å². The lowest BCUT2D eigenvalue weighted by Gasteiger charge is -2.33. The van der Waals surface area contributed by atoms with Crippen molar-refractivity contribution in [2.45, 2.75) is 58.0 Å². The molecule has 1 aliphatic heterocycles. The maximum atomic E-state index is 12.5. The number of aliphatic carboxylic acids is 1. The Kier molecular flexibility index (Phi) is 5.17. The fourth-order valence-electron chi connectivity index (χ4n) is 4.17. The summed E-state index contributed by atoms with van der Waals surface area (Å²) in [6.45, 7) is 3.66. The summed E-state index contributed by atoms with van der Waals surface area (Å²) in [7, 11) is 0. The van der Waals surface area contributed by atoms with Crippen molar-refractivity contribution in [2.24, 2.45) is 0 Å². The third kappa shape index (κ3) is 3.86. The number of amides is 1. The van der Waals surface area contributed by atoms with Gasteiger partial charge in [-0.1, -0.05) is 0 Å². The Labute approximate surface area is 173 Å². The molecule has 2 aliphatic rings. The molecule has 1 aromatic heterocycles. The van der Waals surface area contributed by atoms with E-state index in [0.29, 0.717) is 35.5 Å². The topological polar surface area (TPSA) is 118 Å². The number of carbonyl (C=O) groups is 2. The molecule has 1 N–H and O–H groups in total. The lowest BCUT2D eigenvalue weighted by atomic mass is 9.91. The predicted molar refractivity (Wildman–Crippen MR) is 106 cm³/mol. The molecule has 2 aromatic rings. The highest BCUT2D eigenvalue weighted by atomic mass is 16.5. The Bertz CT molecular complexity index is 1080. The summed E-state index contributed by atoms with van der Waals surface area (Å²) in [4.78, 5) is 35.1. The van der Waals surface area contributed by atoms with Crippen molar-refractivity contribution in [1.29, 1.82) is 0 Å². The number of carbonyl (C=O) groups excluding carboxylic acids is 2. The number of ether oxygens (including phenoxy) is 2. The molecule has 160 valence electrons. The minimum atomic E-state index is -1.23. The maximum absolute atomic E-state index is 12.5. The summed E-state index contributed by atoms with van der Waals surface area (Å²) >= 11 is 0. The van der Waals surface area contributed by atoms with E-state index in [0.717, 1.165) is 35.8 Å². The fraction of sp³-hybridized carbons (Fsp3) is 0.500. The van der Waals surface area contributed by atoms with E-state index < -0.39 is 11.9 Å². The van der Waals surface area contributed by atoms with E-state index >= 15 is 0 Å². The van der Waals surface area contributed by atoms with Crippen LogP contribution in [-0.2, 0) is 28.9 Å². The van der Waals surface area contributed by atoms with Crippen LogP contribution in [0.3, 0.4) is 0 Å². The minimum Gasteiger partial charge on any atom is -0.550 e. The lowest BCUT2D eigenvalue weighted by molar-refractivity contribution is -0.305. The molecule has 1 aromatic carbocycles. The summed E-state index contributed by atoms with van der Waals surface area (Å²) in [5, 5.41) is 13.7. The smallest absolute Gasteiger partial charge is 0.339 e. The molecule has 8 nitrogen and oxygen atoms in total. The number of rotatable bonds is 6. The van der Waals surface area contributed by atoms with Crippen LogP contribution in [0.5, 0.6) is 11.5 Å². The number of nitrogens with one attached hydrogen (secondary N) is 1. The van der Waals surface area contributed by atoms with Gasteiger partial charge in [0.1, 0.15) is 22.7 Å². The second-order valence-electron chi connectivity index (χ2n) is 8.38. The van der Waals surface area contributed by atoms with Crippen LogP contribution in [0.15, 0.2) is 15.3 Å². The van der Waals surface area contributed by atoms with Crippen molar-refractivity contribution < 1.29 is 28.6 Å². The molecule has 0 bridgehead atoms. The molecular weight excluding hydrogens is 390 g/mol. The van der Waals surface area contributed by atoms with Crippen molar-refractivity contribution in [1.82, 2.24) is 5.32 Å². The van der Waals surface area contributed by atoms with Crippen LogP contribution in [0, 0.1) is 0 Å². The second kappa shape index (κ2) is 7.66. The van der Waals surface area contributed by atoms with Crippen molar-refractivity contribution in [3.05, 3.63) is 33.2 Å². The molecule has 1 aliphatic carbocycles. The molecule has 0 unspecified atom stereocenters. The monoisotopic (exact) mass is 414 g/mol. The van der Waals surface area contributed by atoms with E-state index in [9.17, 15) is 19.5 Å². The molecule has 0 radical (unpaired) electrons. The molecule has 2 heterocycles. The average Bonchev–Trinajstić information content (AvgIpc) is 3.15. The minimum absolute atomic E-state index is 0.0307. The van der Waals surface area contributed by atoms with Crippen molar-refractivity contribution in [2.75, 3.05) is 13.2 Å². The van der Waals surface area contributed by atoms with Gasteiger partial charge in [0.15, 0.2) is 6.61 Å². The number of hydrogen-bond acceptors (Lipinski definition) is 7. The summed E-state index contributed by atoms with van der Waals surface area (Å²) in [6, 6.07) is 1.77. The Morgan fingerprint density at radius 2 is 1.97 bits per heavy atom. The Morgan fingerprint density at radius 3 is 2.73 bits per heavy atom. The van der Waals surface area contributed by atoms with Crippen LogP contribution in [-0.4, -0.2) is 30.6 Å². The zero-order valence-electron chi connectivity index (χ0n) is 17.1. The zero-order valence-corrected chi connectivity index (χ0v) is 17.1. The number of aryl methyl sites for hydroxylation is 2. The first-order chi connectivity index (χ1) is 14.2. The highest BCUT2D eigenvalue weighted by Crippen LogP contribution is 2.44. The Morgan fingerprint density at radius 1 is 1.20 bits per heavy atom. The van der Waals surface area contributed by atoms with E-state index in [1.54, 1.807) is 6.07 Å². The van der Waals surface area contributed by atoms with Crippen LogP contribution in [0.2, 0.25) is 0 Å². The van der Waals surface area contributed by atoms with Gasteiger partial charge in [-0.15, -0.1) is 0 Å². The predicted octanol–water partition coefficient (Wildman–Crippen LogP) is 1.02. The van der Waals surface area contributed by atoms with Gasteiger partial charge in [-0.05, 0) is 51.5 Å². The molecule has 1 amide bonds. The molecular formula is C22H24NO7-. The first-order valence-electron chi connectivity index (χ1n) is 10.2. The summed E-state index contributed by atoms with van der Waals surface area (Å²) < 4.78 is 17.7. The van der Waals surface area contributed by atoms with Gasteiger partial charge in [0.25, 0.3) is 5.91 Å². The van der Waals surface area contributed by atoms with Crippen LogP contribution < -0.4 is 25.5 Å². The summed E-state index contributed by atoms with van der Waals surface area (Å²) in [5.41, 5.74) is 2.23. The van der Waals surface area contributed by atoms with Crippen LogP contribution in [0.25, 0.3) is 11.0 Å². The highest BCUT2D eigenvalue weighted by Gasteiger charge is 2.32. The van der Waals surface area contributed by atoms with Gasteiger partial charge >= 0.3 is 5.63 Å². The normalized spacial score (nSPS) is 16.5. The number of carboxylic acids is 1. The van der Waals surface area contributed by atoms with Gasteiger partial charge < -0.3 is 29.1 Å². The highest BCUT2D eigenvalue weighted by molar-refractivity contribution is 5.93. The lowest BCUT2D eigenvalue weighted by Crippen LogP contribution is -2.34. The van der Waals surface area contributed by atoms with E-state index in [-0.39, 0.29) is 30.8 Å². The molecule has 8 heteroatoms. The standard InChI is InChI=1S/C22H25NO7/c1-22(2)8-6-14-15(30-22)10-16(28-11-17(24)23-9-7-18(25)26)19-12-4-3-5-13(12)21(27)29-20(14)19/h10H,3-9,11H2,1-2H3,(H,23,24)(H,25,26)/p-1. The van der Waals surface area contributed by atoms with Gasteiger partial charge in [0, 0.05) is 36.1 Å². The van der Waals surface area contributed by atoms with Gasteiger partial charge in [0.05, 0.1) is 5.39 Å². The molecule has 0 fully saturated rings. The van der Waals surface area contributed by atoms with Crippen LogP contribution >= 0.6 is 0 Å². The van der Waals surface area contributed by atoms with Crippen LogP contribution in [0.1, 0.15) is 49.8 Å². The molecule has 4 rings (SSSR count). The van der Waals surface area contributed by atoms with E-state index in [1.165, 1.54) is 0 Å². The number of fused-ring (bicyclic) bond motifs is 5. The first kappa shape index (κ1) is 20.3. The zero-order chi connectivity index (χ0) is 21.5. The second-order valence-corrected chi connectivity index (χ2v) is 8.38. The molecule has 0 saturated carbocycles. The molecule has 0 spiro atoms. The quantitative estimate of drug-likeness (QED) is 0.701. The first-order valence-corrected chi connectivity index (χ1v) is 10.2. The number of carboxylic acid groups (broad SMARTS) is 1. The van der Waals surface area contributed by atoms with Crippen LogP contribution in [0.4, 0.5) is 0 Å². The van der Waals surface area contributed by atoms with E-state index in [4.69, 9.17) is 13.9 Å².